The number of alkyl halides is 2. The number of carboxylic acid groups (broad SMARTS) is 1. The van der Waals surface area contributed by atoms with E-state index >= 15 is 0 Å². The lowest BCUT2D eigenvalue weighted by Crippen LogP contribution is -2.23. The first-order chi connectivity index (χ1) is 4.33. The first-order valence-corrected chi connectivity index (χ1v) is 3.80. The number of hydrogen-bond donors (Lipinski definition) is 1. The Morgan fingerprint density at radius 3 is 2.30 bits per heavy atom. The summed E-state index contributed by atoms with van der Waals surface area (Å²) in [7, 11) is 0. The van der Waals surface area contributed by atoms with Crippen LogP contribution >= 0.6 is 15.9 Å². The lowest BCUT2D eigenvalue weighted by Gasteiger charge is -2.14. The molecule has 0 spiro atoms. The quantitative estimate of drug-likeness (QED) is 0.727. The largest absolute Gasteiger partial charge is 0.480 e. The monoisotopic (exact) mass is 212 g/mol. The summed E-state index contributed by atoms with van der Waals surface area (Å²) in [6.45, 7) is 2.70. The Morgan fingerprint density at radius 1 is 1.80 bits per heavy atom. The summed E-state index contributed by atoms with van der Waals surface area (Å²) >= 11 is 2.84. The second kappa shape index (κ2) is 3.32. The third-order valence-corrected chi connectivity index (χ3v) is 1.65. The van der Waals surface area contributed by atoms with Crippen molar-refractivity contribution in [1.82, 2.24) is 0 Å². The zero-order chi connectivity index (χ0) is 8.36. The van der Waals surface area contributed by atoms with E-state index in [2.05, 4.69) is 15.9 Å². The van der Waals surface area contributed by atoms with Crippen molar-refractivity contribution in [3.8, 4) is 0 Å². The number of rotatable bonds is 3. The summed E-state index contributed by atoms with van der Waals surface area (Å²) in [6.07, 6.45) is -0.0116. The highest BCUT2D eigenvalue weighted by Gasteiger charge is 2.24. The highest BCUT2D eigenvalue weighted by Crippen LogP contribution is 2.20. The highest BCUT2D eigenvalue weighted by atomic mass is 79.9. The van der Waals surface area contributed by atoms with Gasteiger partial charge in [-0.3, -0.25) is 4.79 Å². The van der Waals surface area contributed by atoms with E-state index < -0.39 is 16.5 Å². The molecular weight excluding hydrogens is 203 g/mol. The maximum Gasteiger partial charge on any atom is 0.317 e. The van der Waals surface area contributed by atoms with Crippen molar-refractivity contribution in [1.29, 1.82) is 0 Å². The minimum Gasteiger partial charge on any atom is -0.480 e. The van der Waals surface area contributed by atoms with Crippen molar-refractivity contribution >= 4 is 21.9 Å². The predicted molar refractivity (Wildman–Crippen MR) is 40.2 cm³/mol. The molecule has 0 amide bonds. The van der Waals surface area contributed by atoms with Crippen LogP contribution in [0.4, 0.5) is 4.39 Å². The molecule has 0 radical (unpaired) electrons. The van der Waals surface area contributed by atoms with Crippen LogP contribution in [0.3, 0.4) is 0 Å². The van der Waals surface area contributed by atoms with Crippen molar-refractivity contribution < 1.29 is 14.3 Å². The first-order valence-electron chi connectivity index (χ1n) is 2.89. The van der Waals surface area contributed by atoms with E-state index in [9.17, 15) is 9.18 Å². The molecule has 1 unspecified atom stereocenters. The van der Waals surface area contributed by atoms with Crippen molar-refractivity contribution in [3.05, 3.63) is 0 Å². The van der Waals surface area contributed by atoms with Crippen LogP contribution in [0.5, 0.6) is 0 Å². The molecule has 0 aromatic heterocycles. The molecular formula is C6H10BrFO2. The Labute approximate surface area is 67.6 Å². The lowest BCUT2D eigenvalue weighted by atomic mass is 10.1. The number of hydrogen-bond acceptors (Lipinski definition) is 1. The predicted octanol–water partition coefficient (Wildman–Crippen LogP) is 1.97. The molecule has 1 N–H and O–H groups in total. The third-order valence-electron chi connectivity index (χ3n) is 0.933. The van der Waals surface area contributed by atoms with Crippen molar-refractivity contribution in [3.63, 3.8) is 0 Å². The van der Waals surface area contributed by atoms with Crippen LogP contribution in [0.2, 0.25) is 0 Å². The van der Waals surface area contributed by atoms with Gasteiger partial charge in [0.05, 0.1) is 0 Å². The van der Waals surface area contributed by atoms with Gasteiger partial charge >= 0.3 is 5.97 Å². The van der Waals surface area contributed by atoms with Gasteiger partial charge in [-0.2, -0.15) is 0 Å². The molecule has 1 atom stereocenters. The molecule has 0 aromatic carbocycles. The summed E-state index contributed by atoms with van der Waals surface area (Å²) < 4.78 is 12.7. The molecule has 0 aliphatic heterocycles. The van der Waals surface area contributed by atoms with E-state index in [0.717, 1.165) is 0 Å². The normalized spacial score (nSPS) is 14.8. The lowest BCUT2D eigenvalue weighted by molar-refractivity contribution is -0.136. The molecule has 0 saturated carbocycles. The third kappa shape index (κ3) is 4.73. The van der Waals surface area contributed by atoms with E-state index in [1.165, 1.54) is 13.8 Å². The van der Waals surface area contributed by atoms with E-state index in [1.807, 2.05) is 0 Å². The second-order valence-electron chi connectivity index (χ2n) is 2.73. The summed E-state index contributed by atoms with van der Waals surface area (Å²) in [5.41, 5.74) is -1.42. The van der Waals surface area contributed by atoms with Gasteiger partial charge in [0.1, 0.15) is 10.5 Å². The minimum atomic E-state index is -1.42. The SMILES string of the molecule is CC(C)(F)CC(Br)C(=O)O. The standard InChI is InChI=1S/C6H10BrFO2/c1-6(2,8)3-4(7)5(9)10/h4H,3H2,1-2H3,(H,9,10). The van der Waals surface area contributed by atoms with Crippen molar-refractivity contribution in [2.24, 2.45) is 0 Å². The summed E-state index contributed by atoms with van der Waals surface area (Å²) in [6, 6.07) is 0. The fourth-order valence-corrected chi connectivity index (χ4v) is 1.28. The van der Waals surface area contributed by atoms with Crippen LogP contribution in [0.25, 0.3) is 0 Å². The Bertz CT molecular complexity index is 130. The first kappa shape index (κ1) is 9.88. The smallest absolute Gasteiger partial charge is 0.317 e. The molecule has 0 aliphatic carbocycles. The molecule has 60 valence electrons. The molecule has 0 saturated heterocycles. The fourth-order valence-electron chi connectivity index (χ4n) is 0.513. The van der Waals surface area contributed by atoms with E-state index in [1.54, 1.807) is 0 Å². The van der Waals surface area contributed by atoms with E-state index in [4.69, 9.17) is 5.11 Å². The van der Waals surface area contributed by atoms with Gasteiger partial charge in [0.25, 0.3) is 0 Å². The van der Waals surface area contributed by atoms with Crippen LogP contribution < -0.4 is 0 Å². The van der Waals surface area contributed by atoms with Gasteiger partial charge in [-0.05, 0) is 13.8 Å². The van der Waals surface area contributed by atoms with E-state index in [-0.39, 0.29) is 6.42 Å². The number of halogens is 2. The Kier molecular flexibility index (Phi) is 3.28. The summed E-state index contributed by atoms with van der Waals surface area (Å²) in [5, 5.41) is 8.33. The molecule has 0 rings (SSSR count). The second-order valence-corrected chi connectivity index (χ2v) is 3.83. The molecule has 2 nitrogen and oxygen atoms in total. The zero-order valence-corrected chi connectivity index (χ0v) is 7.48. The van der Waals surface area contributed by atoms with Gasteiger partial charge in [0, 0.05) is 6.42 Å². The Hall–Kier alpha value is -0.120. The molecule has 0 aliphatic rings. The molecule has 10 heavy (non-hydrogen) atoms. The van der Waals surface area contributed by atoms with Gasteiger partial charge < -0.3 is 5.11 Å². The maximum absolute atomic E-state index is 12.7. The summed E-state index contributed by atoms with van der Waals surface area (Å²) in [5.74, 6) is -1.02. The van der Waals surface area contributed by atoms with Crippen LogP contribution in [0.1, 0.15) is 20.3 Å². The van der Waals surface area contributed by atoms with Gasteiger partial charge in [0.2, 0.25) is 0 Å². The van der Waals surface area contributed by atoms with Gasteiger partial charge in [-0.1, -0.05) is 15.9 Å². The maximum atomic E-state index is 12.7. The highest BCUT2D eigenvalue weighted by molar-refractivity contribution is 9.10. The molecule has 4 heteroatoms. The fraction of sp³-hybridized carbons (Fsp3) is 0.833. The average Bonchev–Trinajstić information content (AvgIpc) is 1.60. The zero-order valence-electron chi connectivity index (χ0n) is 5.90. The van der Waals surface area contributed by atoms with E-state index in [0.29, 0.717) is 0 Å². The van der Waals surface area contributed by atoms with Crippen LogP contribution in [0, 0.1) is 0 Å². The summed E-state index contributed by atoms with van der Waals surface area (Å²) in [4.78, 5) is 9.38. The Balaban J connectivity index is 3.80. The molecule has 0 fully saturated rings. The average molecular weight is 213 g/mol. The Morgan fingerprint density at radius 2 is 2.20 bits per heavy atom. The van der Waals surface area contributed by atoms with Crippen molar-refractivity contribution in [2.45, 2.75) is 30.8 Å². The number of carboxylic acids is 1. The van der Waals surface area contributed by atoms with Crippen molar-refractivity contribution in [2.75, 3.05) is 0 Å². The van der Waals surface area contributed by atoms with Crippen LogP contribution in [-0.4, -0.2) is 21.6 Å². The molecule has 0 aromatic rings. The van der Waals surface area contributed by atoms with Gasteiger partial charge in [-0.25, -0.2) is 4.39 Å². The van der Waals surface area contributed by atoms with Gasteiger partial charge in [-0.15, -0.1) is 0 Å². The van der Waals surface area contributed by atoms with Gasteiger partial charge in [0.15, 0.2) is 0 Å². The number of aliphatic carboxylic acids is 1. The topological polar surface area (TPSA) is 37.3 Å². The van der Waals surface area contributed by atoms with Crippen LogP contribution in [0.15, 0.2) is 0 Å². The number of carbonyl (C=O) groups is 1. The minimum absolute atomic E-state index is 0.0116. The molecule has 0 bridgehead atoms. The van der Waals surface area contributed by atoms with Crippen LogP contribution in [-0.2, 0) is 4.79 Å². The molecule has 0 heterocycles.